The van der Waals surface area contributed by atoms with Crippen molar-refractivity contribution in [1.82, 2.24) is 5.32 Å². The Morgan fingerprint density at radius 1 is 1.14 bits per heavy atom. The van der Waals surface area contributed by atoms with E-state index in [9.17, 15) is 14.4 Å². The zero-order chi connectivity index (χ0) is 19.5. The summed E-state index contributed by atoms with van der Waals surface area (Å²) in [6.07, 6.45) is 4.77. The largest absolute Gasteiger partial charge is 0.488 e. The minimum absolute atomic E-state index is 0.113. The van der Waals surface area contributed by atoms with Crippen molar-refractivity contribution in [2.45, 2.75) is 38.7 Å². The first-order valence-corrected chi connectivity index (χ1v) is 10.3. The molecule has 6 nitrogen and oxygen atoms in total. The fourth-order valence-corrected chi connectivity index (χ4v) is 4.73. The van der Waals surface area contributed by atoms with Crippen molar-refractivity contribution >= 4 is 29.1 Å². The number of fused-ring (bicyclic) bond motifs is 3. The maximum atomic E-state index is 12.3. The molecule has 1 aromatic carbocycles. The topological polar surface area (TPSA) is 81.7 Å². The van der Waals surface area contributed by atoms with Crippen LogP contribution in [-0.4, -0.2) is 24.4 Å². The van der Waals surface area contributed by atoms with Crippen LogP contribution in [0.4, 0.5) is 0 Å². The minimum Gasteiger partial charge on any atom is -0.488 e. The highest BCUT2D eigenvalue weighted by molar-refractivity contribution is 7.17. The van der Waals surface area contributed by atoms with Crippen LogP contribution in [0.2, 0.25) is 0 Å². The van der Waals surface area contributed by atoms with Crippen LogP contribution < -0.4 is 10.1 Å². The predicted octanol–water partition coefficient (Wildman–Crippen LogP) is 3.69. The van der Waals surface area contributed by atoms with Crippen molar-refractivity contribution in [3.05, 3.63) is 40.8 Å². The maximum Gasteiger partial charge on any atom is 0.348 e. The van der Waals surface area contributed by atoms with E-state index in [1.54, 1.807) is 6.07 Å². The summed E-state index contributed by atoms with van der Waals surface area (Å²) < 4.78 is 10.8. The quantitative estimate of drug-likeness (QED) is 0.793. The highest BCUT2D eigenvalue weighted by Crippen LogP contribution is 2.42. The summed E-state index contributed by atoms with van der Waals surface area (Å²) in [6.45, 7) is -0.0700. The Bertz CT molecular complexity index is 913. The molecular weight excluding hydrogens is 378 g/mol. The van der Waals surface area contributed by atoms with Gasteiger partial charge in [-0.25, -0.2) is 4.79 Å². The summed E-state index contributed by atoms with van der Waals surface area (Å²) in [5.41, 5.74) is 1.87. The number of carbonyl (C=O) groups excluding carboxylic acids is 3. The third-order valence-corrected chi connectivity index (χ3v) is 6.29. The lowest BCUT2D eigenvalue weighted by Gasteiger charge is -2.20. The SMILES string of the molecule is O=C(COC(=O)c1cc2c(s1)-c1ccccc1OC2)NC(=O)C1CCCCC1. The lowest BCUT2D eigenvalue weighted by Crippen LogP contribution is -2.38. The van der Waals surface area contributed by atoms with Gasteiger partial charge < -0.3 is 9.47 Å². The number of benzene rings is 1. The number of nitrogens with one attached hydrogen (secondary N) is 1. The van der Waals surface area contributed by atoms with Crippen molar-refractivity contribution in [1.29, 1.82) is 0 Å². The summed E-state index contributed by atoms with van der Waals surface area (Å²) in [5, 5.41) is 2.35. The number of ether oxygens (including phenoxy) is 2. The molecule has 1 aliphatic heterocycles. The monoisotopic (exact) mass is 399 g/mol. The first-order valence-electron chi connectivity index (χ1n) is 9.47. The Kier molecular flexibility index (Phi) is 5.43. The summed E-state index contributed by atoms with van der Waals surface area (Å²) in [6, 6.07) is 9.40. The molecular formula is C21H21NO5S. The molecule has 0 saturated heterocycles. The van der Waals surface area contributed by atoms with Crippen LogP contribution >= 0.6 is 11.3 Å². The van der Waals surface area contributed by atoms with E-state index in [1.165, 1.54) is 11.3 Å². The molecule has 1 aromatic heterocycles. The van der Waals surface area contributed by atoms with Crippen LogP contribution in [-0.2, 0) is 20.9 Å². The van der Waals surface area contributed by atoms with Gasteiger partial charge in [-0.1, -0.05) is 31.4 Å². The molecule has 146 valence electrons. The van der Waals surface area contributed by atoms with Crippen LogP contribution in [0.5, 0.6) is 5.75 Å². The Morgan fingerprint density at radius 3 is 2.75 bits per heavy atom. The molecule has 2 amide bonds. The number of thiophene rings is 1. The van der Waals surface area contributed by atoms with Crippen molar-refractivity contribution in [2.75, 3.05) is 6.61 Å². The molecule has 2 aromatic rings. The molecule has 2 heterocycles. The molecule has 1 N–H and O–H groups in total. The van der Waals surface area contributed by atoms with Crippen LogP contribution in [0.3, 0.4) is 0 Å². The van der Waals surface area contributed by atoms with Gasteiger partial charge in [-0.3, -0.25) is 14.9 Å². The highest BCUT2D eigenvalue weighted by Gasteiger charge is 2.25. The Morgan fingerprint density at radius 2 is 1.93 bits per heavy atom. The maximum absolute atomic E-state index is 12.3. The average molecular weight is 399 g/mol. The molecule has 0 unspecified atom stereocenters. The van der Waals surface area contributed by atoms with Gasteiger partial charge in [0.2, 0.25) is 5.91 Å². The number of amides is 2. The molecule has 1 fully saturated rings. The molecule has 0 spiro atoms. The smallest absolute Gasteiger partial charge is 0.348 e. The number of imide groups is 1. The van der Waals surface area contributed by atoms with Gasteiger partial charge in [0.15, 0.2) is 6.61 Å². The van der Waals surface area contributed by atoms with Crippen molar-refractivity contribution < 1.29 is 23.9 Å². The van der Waals surface area contributed by atoms with Crippen molar-refractivity contribution in [3.63, 3.8) is 0 Å². The van der Waals surface area contributed by atoms with Gasteiger partial charge in [0.05, 0.1) is 0 Å². The molecule has 0 bridgehead atoms. The van der Waals surface area contributed by atoms with Gasteiger partial charge in [0, 0.05) is 21.9 Å². The second kappa shape index (κ2) is 8.14. The third-order valence-electron chi connectivity index (χ3n) is 5.10. The van der Waals surface area contributed by atoms with Crippen LogP contribution in [0.15, 0.2) is 30.3 Å². The highest BCUT2D eigenvalue weighted by atomic mass is 32.1. The standard InChI is InChI=1S/C21H21NO5S/c23-18(22-20(24)13-6-2-1-3-7-13)12-27-21(25)17-10-14-11-26-16-9-5-4-8-15(16)19(14)28-17/h4-5,8-10,13H,1-3,6-7,11-12H2,(H,22,23,24). The number of carbonyl (C=O) groups is 3. The van der Waals surface area contributed by atoms with E-state index in [0.29, 0.717) is 11.5 Å². The van der Waals surface area contributed by atoms with Crippen LogP contribution in [0.25, 0.3) is 10.4 Å². The van der Waals surface area contributed by atoms with Crippen LogP contribution in [0.1, 0.15) is 47.3 Å². The Balaban J connectivity index is 1.34. The first-order chi connectivity index (χ1) is 13.6. The zero-order valence-corrected chi connectivity index (χ0v) is 16.2. The second-order valence-corrected chi connectivity index (χ2v) is 8.13. The van der Waals surface area contributed by atoms with Crippen molar-refractivity contribution in [3.8, 4) is 16.2 Å². The number of hydrogen-bond acceptors (Lipinski definition) is 6. The fourth-order valence-electron chi connectivity index (χ4n) is 3.64. The van der Waals surface area contributed by atoms with Crippen LogP contribution in [0, 0.1) is 5.92 Å². The van der Waals surface area contributed by atoms with E-state index in [0.717, 1.165) is 53.9 Å². The number of esters is 1. The van der Waals surface area contributed by atoms with Gasteiger partial charge in [-0.05, 0) is 31.0 Å². The first kappa shape index (κ1) is 18.7. The summed E-state index contributed by atoms with van der Waals surface area (Å²) in [7, 11) is 0. The Hall–Kier alpha value is -2.67. The fraction of sp³-hybridized carbons (Fsp3) is 0.381. The van der Waals surface area contributed by atoms with E-state index >= 15 is 0 Å². The molecule has 1 aliphatic carbocycles. The predicted molar refractivity (Wildman–Crippen MR) is 104 cm³/mol. The van der Waals surface area contributed by atoms with Gasteiger partial charge in [0.25, 0.3) is 5.91 Å². The van der Waals surface area contributed by atoms with E-state index in [1.807, 2.05) is 24.3 Å². The molecule has 0 atom stereocenters. The number of rotatable bonds is 4. The Labute approximate surface area is 166 Å². The van der Waals surface area contributed by atoms with E-state index in [2.05, 4.69) is 5.32 Å². The molecule has 1 saturated carbocycles. The zero-order valence-electron chi connectivity index (χ0n) is 15.4. The average Bonchev–Trinajstić information content (AvgIpc) is 3.17. The molecule has 0 radical (unpaired) electrons. The second-order valence-electron chi connectivity index (χ2n) is 7.07. The lowest BCUT2D eigenvalue weighted by atomic mass is 9.89. The minimum atomic E-state index is -0.584. The normalized spacial score (nSPS) is 15.7. The molecule has 2 aliphatic rings. The lowest BCUT2D eigenvalue weighted by molar-refractivity contribution is -0.135. The van der Waals surface area contributed by atoms with E-state index in [4.69, 9.17) is 9.47 Å². The van der Waals surface area contributed by atoms with Gasteiger partial charge in [0.1, 0.15) is 17.2 Å². The third kappa shape index (κ3) is 3.94. The molecule has 7 heteroatoms. The number of para-hydroxylation sites is 1. The van der Waals surface area contributed by atoms with Gasteiger partial charge in [-0.15, -0.1) is 11.3 Å². The summed E-state index contributed by atoms with van der Waals surface area (Å²) in [5.74, 6) is -0.743. The summed E-state index contributed by atoms with van der Waals surface area (Å²) in [4.78, 5) is 37.8. The molecule has 28 heavy (non-hydrogen) atoms. The molecule has 4 rings (SSSR count). The van der Waals surface area contributed by atoms with Gasteiger partial charge in [-0.2, -0.15) is 0 Å². The van der Waals surface area contributed by atoms with Crippen molar-refractivity contribution in [2.24, 2.45) is 5.92 Å². The van der Waals surface area contributed by atoms with Gasteiger partial charge >= 0.3 is 5.97 Å². The summed E-state index contributed by atoms with van der Waals surface area (Å²) >= 11 is 1.32. The van der Waals surface area contributed by atoms with E-state index < -0.39 is 18.5 Å². The number of hydrogen-bond donors (Lipinski definition) is 1. The van der Waals surface area contributed by atoms with E-state index in [-0.39, 0.29) is 11.8 Å².